The second-order valence-electron chi connectivity index (χ2n) is 5.17. The van der Waals surface area contributed by atoms with Crippen LogP contribution in [-0.2, 0) is 0 Å². The Hall–Kier alpha value is -2.73. The highest BCUT2D eigenvalue weighted by molar-refractivity contribution is 6.30. The third kappa shape index (κ3) is 3.44. The molecule has 0 unspecified atom stereocenters. The number of hydrogen-bond donors (Lipinski definition) is 1. The molecule has 24 heavy (non-hydrogen) atoms. The summed E-state index contributed by atoms with van der Waals surface area (Å²) in [6, 6.07) is 11.2. The number of aromatic nitrogens is 2. The van der Waals surface area contributed by atoms with Crippen LogP contribution in [-0.4, -0.2) is 15.7 Å². The number of hydrogen-bond acceptors (Lipinski definition) is 2. The molecular weight excluding hydrogens is 336 g/mol. The van der Waals surface area contributed by atoms with Gasteiger partial charge in [0, 0.05) is 22.7 Å². The Morgan fingerprint density at radius 3 is 2.50 bits per heavy atom. The zero-order valence-corrected chi connectivity index (χ0v) is 13.3. The Morgan fingerprint density at radius 2 is 1.83 bits per heavy atom. The van der Waals surface area contributed by atoms with E-state index in [1.807, 2.05) is 0 Å². The van der Waals surface area contributed by atoms with Crippen molar-refractivity contribution < 1.29 is 13.6 Å². The number of anilines is 1. The SMILES string of the molecule is Cc1cc(NC(=O)c2cc(F)cc(F)c2)n(-c2cccc(Cl)c2)n1. The zero-order valence-electron chi connectivity index (χ0n) is 12.6. The minimum absolute atomic E-state index is 0.121. The predicted octanol–water partition coefficient (Wildman–Crippen LogP) is 4.36. The van der Waals surface area contributed by atoms with E-state index < -0.39 is 17.5 Å². The van der Waals surface area contributed by atoms with Crippen molar-refractivity contribution in [2.24, 2.45) is 0 Å². The molecule has 0 spiro atoms. The third-order valence-electron chi connectivity index (χ3n) is 3.25. The normalized spacial score (nSPS) is 10.7. The molecule has 0 aliphatic heterocycles. The second kappa shape index (κ2) is 6.41. The van der Waals surface area contributed by atoms with E-state index in [4.69, 9.17) is 11.6 Å². The fourth-order valence-electron chi connectivity index (χ4n) is 2.27. The lowest BCUT2D eigenvalue weighted by Crippen LogP contribution is -2.15. The van der Waals surface area contributed by atoms with Gasteiger partial charge in [0.05, 0.1) is 11.4 Å². The van der Waals surface area contributed by atoms with E-state index in [0.717, 1.165) is 12.1 Å². The maximum Gasteiger partial charge on any atom is 0.257 e. The number of aryl methyl sites for hydroxylation is 1. The van der Waals surface area contributed by atoms with Crippen LogP contribution < -0.4 is 5.32 Å². The number of carbonyl (C=O) groups is 1. The molecule has 0 aliphatic carbocycles. The van der Waals surface area contributed by atoms with Gasteiger partial charge in [-0.1, -0.05) is 17.7 Å². The second-order valence-corrected chi connectivity index (χ2v) is 5.61. The van der Waals surface area contributed by atoms with Crippen molar-refractivity contribution in [3.63, 3.8) is 0 Å². The average molecular weight is 348 g/mol. The number of amides is 1. The molecule has 4 nitrogen and oxygen atoms in total. The van der Waals surface area contributed by atoms with Gasteiger partial charge in [0.25, 0.3) is 5.91 Å². The van der Waals surface area contributed by atoms with E-state index in [1.165, 1.54) is 4.68 Å². The molecule has 0 saturated carbocycles. The van der Waals surface area contributed by atoms with Gasteiger partial charge in [0.15, 0.2) is 0 Å². The van der Waals surface area contributed by atoms with Crippen LogP contribution in [0.5, 0.6) is 0 Å². The van der Waals surface area contributed by atoms with Gasteiger partial charge in [0.2, 0.25) is 0 Å². The van der Waals surface area contributed by atoms with Crippen LogP contribution in [0.15, 0.2) is 48.5 Å². The van der Waals surface area contributed by atoms with Gasteiger partial charge in [-0.25, -0.2) is 13.5 Å². The topological polar surface area (TPSA) is 46.9 Å². The van der Waals surface area contributed by atoms with Crippen molar-refractivity contribution in [2.75, 3.05) is 5.32 Å². The summed E-state index contributed by atoms with van der Waals surface area (Å²) >= 11 is 5.98. The summed E-state index contributed by atoms with van der Waals surface area (Å²) in [5.41, 5.74) is 1.19. The Kier molecular flexibility index (Phi) is 4.31. The number of nitrogens with zero attached hydrogens (tertiary/aromatic N) is 2. The van der Waals surface area contributed by atoms with Gasteiger partial charge in [-0.05, 0) is 37.3 Å². The Morgan fingerprint density at radius 1 is 1.12 bits per heavy atom. The number of rotatable bonds is 3. The maximum absolute atomic E-state index is 13.3. The van der Waals surface area contributed by atoms with Crippen molar-refractivity contribution in [1.82, 2.24) is 9.78 Å². The molecule has 0 fully saturated rings. The Labute approximate surface area is 141 Å². The van der Waals surface area contributed by atoms with Crippen LogP contribution in [0.4, 0.5) is 14.6 Å². The fourth-order valence-corrected chi connectivity index (χ4v) is 2.45. The highest BCUT2D eigenvalue weighted by atomic mass is 35.5. The molecule has 3 aromatic rings. The largest absolute Gasteiger partial charge is 0.306 e. The van der Waals surface area contributed by atoms with E-state index in [9.17, 15) is 13.6 Å². The van der Waals surface area contributed by atoms with Crippen molar-refractivity contribution in [3.05, 3.63) is 76.4 Å². The zero-order chi connectivity index (χ0) is 17.3. The molecule has 0 radical (unpaired) electrons. The quantitative estimate of drug-likeness (QED) is 0.765. The summed E-state index contributed by atoms with van der Waals surface area (Å²) in [4.78, 5) is 12.3. The van der Waals surface area contributed by atoms with Gasteiger partial charge in [-0.2, -0.15) is 5.10 Å². The van der Waals surface area contributed by atoms with Crippen molar-refractivity contribution in [1.29, 1.82) is 0 Å². The van der Waals surface area contributed by atoms with Crippen molar-refractivity contribution in [3.8, 4) is 5.69 Å². The van der Waals surface area contributed by atoms with Gasteiger partial charge < -0.3 is 5.32 Å². The molecule has 1 heterocycles. The molecule has 3 rings (SSSR count). The Bertz CT molecular complexity index is 904. The first-order chi connectivity index (χ1) is 11.4. The third-order valence-corrected chi connectivity index (χ3v) is 3.49. The highest BCUT2D eigenvalue weighted by Gasteiger charge is 2.14. The molecule has 1 amide bonds. The van der Waals surface area contributed by atoms with Crippen LogP contribution in [0, 0.1) is 18.6 Å². The van der Waals surface area contributed by atoms with Crippen LogP contribution in [0.1, 0.15) is 16.1 Å². The molecule has 0 bridgehead atoms. The van der Waals surface area contributed by atoms with E-state index in [2.05, 4.69) is 10.4 Å². The molecule has 1 N–H and O–H groups in total. The van der Waals surface area contributed by atoms with Gasteiger partial charge in [0.1, 0.15) is 17.5 Å². The molecule has 7 heteroatoms. The average Bonchev–Trinajstić information content (AvgIpc) is 2.87. The number of benzene rings is 2. The minimum atomic E-state index is -0.820. The molecule has 122 valence electrons. The van der Waals surface area contributed by atoms with Crippen LogP contribution in [0.2, 0.25) is 5.02 Å². The van der Waals surface area contributed by atoms with Crippen molar-refractivity contribution >= 4 is 23.3 Å². The van der Waals surface area contributed by atoms with E-state index in [1.54, 1.807) is 37.3 Å². The summed E-state index contributed by atoms with van der Waals surface area (Å²) in [6.45, 7) is 1.76. The summed E-state index contributed by atoms with van der Waals surface area (Å²) in [6.07, 6.45) is 0. The molecule has 0 saturated heterocycles. The number of halogens is 3. The van der Waals surface area contributed by atoms with Crippen molar-refractivity contribution in [2.45, 2.75) is 6.92 Å². The lowest BCUT2D eigenvalue weighted by atomic mass is 10.2. The van der Waals surface area contributed by atoms with Crippen LogP contribution >= 0.6 is 11.6 Å². The highest BCUT2D eigenvalue weighted by Crippen LogP contribution is 2.21. The van der Waals surface area contributed by atoms with E-state index >= 15 is 0 Å². The lowest BCUT2D eigenvalue weighted by molar-refractivity contribution is 0.102. The number of carbonyl (C=O) groups excluding carboxylic acids is 1. The van der Waals surface area contributed by atoms with Crippen LogP contribution in [0.3, 0.4) is 0 Å². The molecule has 1 aromatic heterocycles. The summed E-state index contributed by atoms with van der Waals surface area (Å²) in [5, 5.41) is 7.42. The Balaban J connectivity index is 1.94. The van der Waals surface area contributed by atoms with E-state index in [-0.39, 0.29) is 5.56 Å². The first-order valence-corrected chi connectivity index (χ1v) is 7.40. The minimum Gasteiger partial charge on any atom is -0.306 e. The lowest BCUT2D eigenvalue weighted by Gasteiger charge is -2.09. The van der Waals surface area contributed by atoms with Crippen LogP contribution in [0.25, 0.3) is 5.69 Å². The molecule has 2 aromatic carbocycles. The first-order valence-electron chi connectivity index (χ1n) is 7.02. The van der Waals surface area contributed by atoms with E-state index in [0.29, 0.717) is 28.3 Å². The molecular formula is C17H12ClF2N3O. The monoisotopic (exact) mass is 347 g/mol. The molecule has 0 aliphatic rings. The summed E-state index contributed by atoms with van der Waals surface area (Å²) in [5.74, 6) is -1.92. The fraction of sp³-hybridized carbons (Fsp3) is 0.0588. The maximum atomic E-state index is 13.3. The summed E-state index contributed by atoms with van der Waals surface area (Å²) in [7, 11) is 0. The van der Waals surface area contributed by atoms with Gasteiger partial charge in [-0.3, -0.25) is 4.79 Å². The standard InChI is InChI=1S/C17H12ClF2N3O/c1-10-5-16(23(22-10)15-4-2-3-12(18)8-15)21-17(24)11-6-13(19)9-14(20)7-11/h2-9H,1H3,(H,21,24). The summed E-state index contributed by atoms with van der Waals surface area (Å²) < 4.78 is 28.0. The number of nitrogens with one attached hydrogen (secondary N) is 1. The first kappa shape index (κ1) is 16.1. The smallest absolute Gasteiger partial charge is 0.257 e. The van der Waals surface area contributed by atoms with Gasteiger partial charge in [-0.15, -0.1) is 0 Å². The molecule has 0 atom stereocenters. The predicted molar refractivity (Wildman–Crippen MR) is 87.6 cm³/mol. The van der Waals surface area contributed by atoms with Gasteiger partial charge >= 0.3 is 0 Å².